The second kappa shape index (κ2) is 6.92. The molecule has 0 saturated carbocycles. The van der Waals surface area contributed by atoms with E-state index in [-0.39, 0.29) is 5.69 Å². The fourth-order valence-electron chi connectivity index (χ4n) is 2.81. The topological polar surface area (TPSA) is 86.3 Å². The Morgan fingerprint density at radius 1 is 0.720 bits per heavy atom. The lowest BCUT2D eigenvalue weighted by molar-refractivity contribution is -0.496. The molecule has 3 rings (SSSR count). The van der Waals surface area contributed by atoms with Gasteiger partial charge < -0.3 is 0 Å². The standard InChI is InChI=1S/C19H14N2O4/c22-20(23)13-14-11-17(15-7-3-1-4-8-15)19(21(24)25)18(12-14)16-9-5-2-6-10-16/h1-12H,13H2. The number of hydrogen-bond acceptors (Lipinski definition) is 4. The Morgan fingerprint density at radius 3 is 1.52 bits per heavy atom. The van der Waals surface area contributed by atoms with Crippen molar-refractivity contribution in [2.45, 2.75) is 6.54 Å². The summed E-state index contributed by atoms with van der Waals surface area (Å²) in [6, 6.07) is 20.8. The molecular weight excluding hydrogens is 320 g/mol. The molecule has 0 heterocycles. The smallest absolute Gasteiger partial charge is 0.264 e. The van der Waals surface area contributed by atoms with Crippen LogP contribution >= 0.6 is 0 Å². The van der Waals surface area contributed by atoms with Gasteiger partial charge in [-0.1, -0.05) is 60.7 Å². The lowest BCUT2D eigenvalue weighted by atomic mass is 9.93. The van der Waals surface area contributed by atoms with E-state index < -0.39 is 16.4 Å². The Balaban J connectivity index is 2.32. The van der Waals surface area contributed by atoms with E-state index >= 15 is 0 Å². The van der Waals surface area contributed by atoms with Gasteiger partial charge in [-0.15, -0.1) is 0 Å². The van der Waals surface area contributed by atoms with E-state index in [1.54, 1.807) is 48.5 Å². The first-order valence-corrected chi connectivity index (χ1v) is 7.60. The van der Waals surface area contributed by atoms with Gasteiger partial charge in [0.15, 0.2) is 0 Å². The second-order valence-corrected chi connectivity index (χ2v) is 5.52. The molecule has 0 aliphatic carbocycles. The molecule has 0 aliphatic rings. The Morgan fingerprint density at radius 2 is 1.16 bits per heavy atom. The molecule has 0 atom stereocenters. The van der Waals surface area contributed by atoms with E-state index in [1.165, 1.54) is 12.1 Å². The molecule has 0 amide bonds. The number of rotatable bonds is 5. The van der Waals surface area contributed by atoms with Crippen LogP contribution in [-0.4, -0.2) is 9.85 Å². The van der Waals surface area contributed by atoms with Crippen molar-refractivity contribution >= 4 is 5.69 Å². The normalized spacial score (nSPS) is 10.4. The largest absolute Gasteiger partial charge is 0.284 e. The van der Waals surface area contributed by atoms with Crippen molar-refractivity contribution in [1.29, 1.82) is 0 Å². The highest BCUT2D eigenvalue weighted by Crippen LogP contribution is 2.39. The Bertz CT molecular complexity index is 864. The van der Waals surface area contributed by atoms with Crippen LogP contribution < -0.4 is 0 Å². The maximum Gasteiger partial charge on any atom is 0.284 e. The van der Waals surface area contributed by atoms with E-state index in [2.05, 4.69) is 0 Å². The van der Waals surface area contributed by atoms with Crippen LogP contribution in [0.25, 0.3) is 22.3 Å². The average molecular weight is 334 g/mol. The van der Waals surface area contributed by atoms with Gasteiger partial charge in [-0.25, -0.2) is 0 Å². The molecule has 3 aromatic rings. The summed E-state index contributed by atoms with van der Waals surface area (Å²) >= 11 is 0. The van der Waals surface area contributed by atoms with Crippen LogP contribution in [0.4, 0.5) is 5.69 Å². The molecule has 0 bridgehead atoms. The summed E-state index contributed by atoms with van der Waals surface area (Å²) in [6.45, 7) is -0.391. The van der Waals surface area contributed by atoms with Crippen LogP contribution in [0.15, 0.2) is 72.8 Å². The number of nitro groups is 2. The molecule has 0 N–H and O–H groups in total. The molecule has 25 heavy (non-hydrogen) atoms. The summed E-state index contributed by atoms with van der Waals surface area (Å²) in [5, 5.41) is 22.7. The van der Waals surface area contributed by atoms with Crippen LogP contribution in [0.5, 0.6) is 0 Å². The van der Waals surface area contributed by atoms with Crippen molar-refractivity contribution in [3.05, 3.63) is 98.6 Å². The van der Waals surface area contributed by atoms with Crippen molar-refractivity contribution < 1.29 is 9.85 Å². The van der Waals surface area contributed by atoms with Crippen LogP contribution in [0.3, 0.4) is 0 Å². The summed E-state index contributed by atoms with van der Waals surface area (Å²) in [5.74, 6) is 0. The highest BCUT2D eigenvalue weighted by molar-refractivity contribution is 5.86. The van der Waals surface area contributed by atoms with Crippen LogP contribution in [-0.2, 0) is 6.54 Å². The van der Waals surface area contributed by atoms with E-state index in [1.807, 2.05) is 12.1 Å². The first-order chi connectivity index (χ1) is 12.1. The van der Waals surface area contributed by atoms with E-state index in [4.69, 9.17) is 0 Å². The Labute approximate surface area is 143 Å². The SMILES string of the molecule is O=[N+]([O-])Cc1cc(-c2ccccc2)c([N+](=O)[O-])c(-c2ccccc2)c1. The van der Waals surface area contributed by atoms with Crippen molar-refractivity contribution in [1.82, 2.24) is 0 Å². The van der Waals surface area contributed by atoms with Crippen molar-refractivity contribution in [2.24, 2.45) is 0 Å². The van der Waals surface area contributed by atoms with Crippen molar-refractivity contribution in [3.8, 4) is 22.3 Å². The molecule has 3 aromatic carbocycles. The minimum absolute atomic E-state index is 0.0514. The number of benzene rings is 3. The maximum absolute atomic E-state index is 11.8. The first kappa shape index (κ1) is 16.3. The minimum Gasteiger partial charge on any atom is -0.264 e. The maximum atomic E-state index is 11.8. The third kappa shape index (κ3) is 3.53. The second-order valence-electron chi connectivity index (χ2n) is 5.52. The van der Waals surface area contributed by atoms with Gasteiger partial charge >= 0.3 is 0 Å². The average Bonchev–Trinajstić information content (AvgIpc) is 2.62. The van der Waals surface area contributed by atoms with Gasteiger partial charge in [0.2, 0.25) is 6.54 Å². The fraction of sp³-hybridized carbons (Fsp3) is 0.0526. The molecule has 0 radical (unpaired) electrons. The molecule has 0 spiro atoms. The molecule has 6 heteroatoms. The van der Waals surface area contributed by atoms with Gasteiger partial charge in [0.1, 0.15) is 0 Å². The Kier molecular flexibility index (Phi) is 4.52. The number of hydrogen-bond donors (Lipinski definition) is 0. The first-order valence-electron chi connectivity index (χ1n) is 7.60. The van der Waals surface area contributed by atoms with Gasteiger partial charge in [0.25, 0.3) is 5.69 Å². The van der Waals surface area contributed by atoms with Crippen LogP contribution in [0, 0.1) is 20.2 Å². The molecule has 0 saturated heterocycles. The number of nitrogens with zero attached hydrogens (tertiary/aromatic N) is 2. The van der Waals surface area contributed by atoms with Crippen molar-refractivity contribution in [3.63, 3.8) is 0 Å². The van der Waals surface area contributed by atoms with Gasteiger partial charge in [0.05, 0.1) is 16.1 Å². The monoisotopic (exact) mass is 334 g/mol. The molecule has 6 nitrogen and oxygen atoms in total. The molecule has 0 aromatic heterocycles. The zero-order valence-electron chi connectivity index (χ0n) is 13.2. The zero-order chi connectivity index (χ0) is 17.8. The fourth-order valence-corrected chi connectivity index (χ4v) is 2.81. The molecule has 0 aliphatic heterocycles. The molecule has 0 fully saturated rings. The van der Waals surface area contributed by atoms with E-state index in [0.29, 0.717) is 27.8 Å². The van der Waals surface area contributed by atoms with Crippen molar-refractivity contribution in [2.75, 3.05) is 0 Å². The minimum atomic E-state index is -0.440. The van der Waals surface area contributed by atoms with Gasteiger partial charge in [-0.2, -0.15) is 0 Å². The van der Waals surface area contributed by atoms with Gasteiger partial charge in [-0.05, 0) is 23.3 Å². The summed E-state index contributed by atoms with van der Waals surface area (Å²) in [6.07, 6.45) is 0. The third-order valence-electron chi connectivity index (χ3n) is 3.83. The van der Waals surface area contributed by atoms with E-state index in [0.717, 1.165) is 0 Å². The quantitative estimate of drug-likeness (QED) is 0.499. The third-order valence-corrected chi connectivity index (χ3v) is 3.83. The summed E-state index contributed by atoms with van der Waals surface area (Å²) in [5.41, 5.74) is 2.43. The summed E-state index contributed by atoms with van der Waals surface area (Å²) in [7, 11) is 0. The predicted octanol–water partition coefficient (Wildman–Crippen LogP) is 4.71. The number of nitro benzene ring substituents is 1. The zero-order valence-corrected chi connectivity index (χ0v) is 13.2. The lowest BCUT2D eigenvalue weighted by Gasteiger charge is -2.11. The molecule has 124 valence electrons. The summed E-state index contributed by atoms with van der Waals surface area (Å²) in [4.78, 5) is 21.9. The van der Waals surface area contributed by atoms with E-state index in [9.17, 15) is 20.2 Å². The summed E-state index contributed by atoms with van der Waals surface area (Å²) < 4.78 is 0. The highest BCUT2D eigenvalue weighted by atomic mass is 16.6. The molecule has 0 unspecified atom stereocenters. The molecular formula is C19H14N2O4. The predicted molar refractivity (Wildman–Crippen MR) is 94.7 cm³/mol. The van der Waals surface area contributed by atoms with Crippen LogP contribution in [0.2, 0.25) is 0 Å². The van der Waals surface area contributed by atoms with Crippen LogP contribution in [0.1, 0.15) is 5.56 Å². The Hall–Kier alpha value is -3.54. The van der Waals surface area contributed by atoms with Gasteiger partial charge in [-0.3, -0.25) is 20.2 Å². The highest BCUT2D eigenvalue weighted by Gasteiger charge is 2.24. The van der Waals surface area contributed by atoms with Gasteiger partial charge in [0, 0.05) is 10.5 Å². The lowest BCUT2D eigenvalue weighted by Crippen LogP contribution is -2.02.